The van der Waals surface area contributed by atoms with E-state index in [2.05, 4.69) is 146 Å². The number of methoxy groups -OCH3 is 5. The number of esters is 5. The standard InChI is InChI=1S/2C25H29NO4.3C21H22O2.2CH4.ClH/c2*1-25(2,3)30-24(28)26-17-9-8-12-21(26)22(23(27)29-4)20-15-13-19(14-16-20)18-10-6-5-7-11-18;3*1-23-21(22)20(18-10-6-3-7-11-18)19-14-12-17(13-15-19)16-8-4-2-5-9-16;;;/h2*5-8,10-16,21-22H,9,17H2,1-4H3;3*2,4-6,8-10,12-15,18,20H,3,7,11H2,1H3;2*1H4;1H/t21-,22+;21-,22-;3*18-,20+;;;/m01110.../s1. The van der Waals surface area contributed by atoms with Crippen molar-refractivity contribution in [3.63, 3.8) is 0 Å². The molecule has 15 rings (SSSR count). The Morgan fingerprint density at radius 2 is 0.455 bits per heavy atom. The minimum Gasteiger partial charge on any atom is -0.469 e. The molecule has 132 heavy (non-hydrogen) atoms. The number of halogens is 1. The van der Waals surface area contributed by atoms with Crippen molar-refractivity contribution in [2.24, 2.45) is 17.8 Å². The van der Waals surface area contributed by atoms with Crippen molar-refractivity contribution in [1.82, 2.24) is 9.80 Å². The Hall–Kier alpha value is -12.9. The van der Waals surface area contributed by atoms with Gasteiger partial charge in [0.2, 0.25) is 0 Å². The van der Waals surface area contributed by atoms with E-state index < -0.39 is 47.3 Å². The van der Waals surface area contributed by atoms with Gasteiger partial charge in [-0.25, -0.2) is 9.59 Å². The maximum absolute atomic E-state index is 12.8. The average molecular weight is 1800 g/mol. The molecule has 2 heterocycles. The molecule has 17 heteroatoms. The van der Waals surface area contributed by atoms with Gasteiger partial charge < -0.3 is 43.0 Å². The Labute approximate surface area is 789 Å². The molecule has 0 aromatic heterocycles. The summed E-state index contributed by atoms with van der Waals surface area (Å²) < 4.78 is 36.6. The highest BCUT2D eigenvalue weighted by molar-refractivity contribution is 5.86. The van der Waals surface area contributed by atoms with E-state index in [1.807, 2.05) is 230 Å². The van der Waals surface area contributed by atoms with Crippen molar-refractivity contribution in [3.8, 4) is 55.6 Å². The lowest BCUT2D eigenvalue weighted by Crippen LogP contribution is -2.48. The van der Waals surface area contributed by atoms with Gasteiger partial charge in [0.1, 0.15) is 23.0 Å². The predicted molar refractivity (Wildman–Crippen MR) is 534 cm³/mol. The highest BCUT2D eigenvalue weighted by Gasteiger charge is 2.41. The largest absolute Gasteiger partial charge is 0.469 e. The summed E-state index contributed by atoms with van der Waals surface area (Å²) in [6, 6.07) is 90.6. The van der Waals surface area contributed by atoms with Gasteiger partial charge in [0.25, 0.3) is 0 Å². The normalized spacial score (nSPS) is 17.5. The van der Waals surface area contributed by atoms with Crippen LogP contribution < -0.4 is 0 Å². The molecule has 5 aliphatic rings. The second-order valence-electron chi connectivity index (χ2n) is 34.8. The first-order valence-corrected chi connectivity index (χ1v) is 45.0. The molecule has 10 atom stereocenters. The zero-order chi connectivity index (χ0) is 91.7. The first-order valence-electron chi connectivity index (χ1n) is 45.0. The Morgan fingerprint density at radius 3 is 0.644 bits per heavy atom. The van der Waals surface area contributed by atoms with Crippen LogP contribution in [0.3, 0.4) is 0 Å². The number of ether oxygens (including phenoxy) is 7. The van der Waals surface area contributed by atoms with Crippen LogP contribution in [0, 0.1) is 17.8 Å². The number of hydrogen-bond donors (Lipinski definition) is 0. The maximum atomic E-state index is 12.8. The molecule has 0 bridgehead atoms. The fourth-order valence-electron chi connectivity index (χ4n) is 17.2. The summed E-state index contributed by atoms with van der Waals surface area (Å²) in [4.78, 5) is 91.4. The molecule has 0 saturated carbocycles. The smallest absolute Gasteiger partial charge is 0.410 e. The van der Waals surface area contributed by atoms with Crippen LogP contribution >= 0.6 is 12.4 Å². The molecule has 3 aliphatic carbocycles. The van der Waals surface area contributed by atoms with Crippen molar-refractivity contribution in [2.75, 3.05) is 48.6 Å². The Kier molecular flexibility index (Phi) is 41.3. The van der Waals surface area contributed by atoms with E-state index in [-0.39, 0.29) is 92.6 Å². The third kappa shape index (κ3) is 29.5. The fourth-order valence-corrected chi connectivity index (χ4v) is 17.2. The van der Waals surface area contributed by atoms with E-state index in [1.54, 1.807) is 9.80 Å². The molecule has 0 unspecified atom stereocenters. The molecular formula is C115H133ClN2O14. The van der Waals surface area contributed by atoms with Crippen LogP contribution in [-0.2, 0) is 57.1 Å². The molecule has 0 fully saturated rings. The SMILES string of the molecule is C.C.COC(=O)[C@@H](c1ccc(-c2ccccc2)cc1)[C@H]1C=CCCC1.COC(=O)[C@H](c1ccc(-c2ccccc2)cc1)[C@@H]1C=CCCC1.COC(=O)[C@H](c1ccc(-c2ccccc2)cc1)[C@@H]1C=CCCC1.COC(=O)[C@H](c1ccc(-c2ccccc2)cc1)[C@@H]1C=CCCN1C(=O)OC(C)(C)C.COC(=O)[C@H](c1ccc(-c2ccccc2)cc1)[C@H]1C=CCCN1C(=O)OC(C)(C)C.Cl. The van der Waals surface area contributed by atoms with E-state index >= 15 is 0 Å². The Morgan fingerprint density at radius 1 is 0.265 bits per heavy atom. The van der Waals surface area contributed by atoms with Crippen LogP contribution in [0.15, 0.2) is 334 Å². The zero-order valence-electron chi connectivity index (χ0n) is 76.7. The van der Waals surface area contributed by atoms with Gasteiger partial charge in [0.05, 0.1) is 65.4 Å². The quantitative estimate of drug-likeness (QED) is 0.0398. The average Bonchev–Trinajstić information content (AvgIpc) is 0.789. The number of benzene rings is 10. The van der Waals surface area contributed by atoms with Crippen molar-refractivity contribution < 1.29 is 66.7 Å². The van der Waals surface area contributed by atoms with Crippen molar-refractivity contribution in [1.29, 1.82) is 0 Å². The van der Waals surface area contributed by atoms with Crippen molar-refractivity contribution in [2.45, 2.75) is 180 Å². The molecule has 10 aromatic rings. The van der Waals surface area contributed by atoms with Crippen LogP contribution in [0.2, 0.25) is 0 Å². The minimum absolute atomic E-state index is 0. The van der Waals surface area contributed by atoms with E-state index in [0.29, 0.717) is 13.1 Å². The Bertz CT molecular complexity index is 4930. The lowest BCUT2D eigenvalue weighted by Gasteiger charge is -2.37. The molecule has 16 nitrogen and oxygen atoms in total. The number of nitrogens with zero attached hydrogens (tertiary/aromatic N) is 2. The third-order valence-corrected chi connectivity index (χ3v) is 23.7. The van der Waals surface area contributed by atoms with E-state index in [0.717, 1.165) is 137 Å². The lowest BCUT2D eigenvalue weighted by atomic mass is 9.80. The second kappa shape index (κ2) is 52.2. The highest BCUT2D eigenvalue weighted by Crippen LogP contribution is 2.41. The van der Waals surface area contributed by atoms with E-state index in [9.17, 15) is 33.6 Å². The number of carbonyl (C=O) groups excluding carboxylic acids is 7. The molecule has 694 valence electrons. The van der Waals surface area contributed by atoms with E-state index in [4.69, 9.17) is 33.2 Å². The molecule has 0 saturated heterocycles. The molecule has 0 radical (unpaired) electrons. The number of carbonyl (C=O) groups is 7. The van der Waals surface area contributed by atoms with Gasteiger partial charge in [-0.2, -0.15) is 0 Å². The van der Waals surface area contributed by atoms with Crippen LogP contribution in [0.1, 0.15) is 184 Å². The molecule has 2 aliphatic heterocycles. The van der Waals surface area contributed by atoms with Crippen molar-refractivity contribution >= 4 is 54.4 Å². The van der Waals surface area contributed by atoms with E-state index in [1.165, 1.54) is 52.2 Å². The first-order chi connectivity index (χ1) is 62.5. The molecular weight excluding hydrogens is 1670 g/mol. The number of hydrogen-bond acceptors (Lipinski definition) is 14. The molecule has 2 amide bonds. The predicted octanol–water partition coefficient (Wildman–Crippen LogP) is 26.9. The summed E-state index contributed by atoms with van der Waals surface area (Å²) in [5.41, 5.74) is 14.9. The van der Waals surface area contributed by atoms with Gasteiger partial charge in [-0.15, -0.1) is 12.4 Å². The summed E-state index contributed by atoms with van der Waals surface area (Å²) in [5.74, 6) is -2.38. The summed E-state index contributed by atoms with van der Waals surface area (Å²) in [5, 5.41) is 0. The third-order valence-electron chi connectivity index (χ3n) is 23.7. The summed E-state index contributed by atoms with van der Waals surface area (Å²) >= 11 is 0. The first kappa shape index (κ1) is 104. The molecule has 0 N–H and O–H groups in total. The van der Waals surface area contributed by atoms with Crippen LogP contribution in [-0.4, -0.2) is 124 Å². The van der Waals surface area contributed by atoms with Gasteiger partial charge in [-0.05, 0) is 213 Å². The van der Waals surface area contributed by atoms with Gasteiger partial charge in [0.15, 0.2) is 0 Å². The number of allylic oxidation sites excluding steroid dienone is 6. The summed E-state index contributed by atoms with van der Waals surface area (Å²) in [6.07, 6.45) is 31.3. The topological polar surface area (TPSA) is 191 Å². The monoisotopic (exact) mass is 1800 g/mol. The highest BCUT2D eigenvalue weighted by atomic mass is 35.5. The van der Waals surface area contributed by atoms with Crippen molar-refractivity contribution in [3.05, 3.63) is 362 Å². The van der Waals surface area contributed by atoms with Gasteiger partial charge in [0, 0.05) is 13.1 Å². The lowest BCUT2D eigenvalue weighted by molar-refractivity contribution is -0.144. The number of rotatable bonds is 20. The molecule has 0 spiro atoms. The van der Waals surface area contributed by atoms with Crippen LogP contribution in [0.5, 0.6) is 0 Å². The van der Waals surface area contributed by atoms with Crippen LogP contribution in [0.25, 0.3) is 55.6 Å². The second-order valence-corrected chi connectivity index (χ2v) is 34.8. The summed E-state index contributed by atoms with van der Waals surface area (Å²) in [6.45, 7) is 12.0. The Balaban J connectivity index is 0.000000203. The number of amides is 2. The maximum Gasteiger partial charge on any atom is 0.410 e. The molecule has 10 aromatic carbocycles. The summed E-state index contributed by atoms with van der Waals surface area (Å²) in [7, 11) is 7.16. The fraction of sp³-hybridized carbons (Fsp3) is 0.330. The van der Waals surface area contributed by atoms with Gasteiger partial charge in [-0.3, -0.25) is 24.0 Å². The van der Waals surface area contributed by atoms with Crippen LogP contribution in [0.4, 0.5) is 9.59 Å². The zero-order valence-corrected chi connectivity index (χ0v) is 77.6. The van der Waals surface area contributed by atoms with Gasteiger partial charge >= 0.3 is 42.0 Å². The van der Waals surface area contributed by atoms with Gasteiger partial charge in [-0.1, -0.05) is 349 Å². The minimum atomic E-state index is -0.635.